The monoisotopic (exact) mass is 367 g/mol. The number of fused-ring (bicyclic) bond motifs is 2. The lowest BCUT2D eigenvalue weighted by atomic mass is 9.95. The van der Waals surface area contributed by atoms with Crippen LogP contribution in [0.2, 0.25) is 0 Å². The first kappa shape index (κ1) is 16.8. The summed E-state index contributed by atoms with van der Waals surface area (Å²) in [5.41, 5.74) is 9.22. The molecule has 0 aliphatic heterocycles. The van der Waals surface area contributed by atoms with Gasteiger partial charge in [-0.15, -0.1) is 11.3 Å². The van der Waals surface area contributed by atoms with Crippen LogP contribution in [0.15, 0.2) is 30.5 Å². The molecule has 2 amide bonds. The van der Waals surface area contributed by atoms with E-state index in [1.165, 1.54) is 16.2 Å². The van der Waals surface area contributed by atoms with Gasteiger partial charge in [0.25, 0.3) is 5.91 Å². The molecule has 2 heterocycles. The number of nitrogens with one attached hydrogen (secondary N) is 1. The second kappa shape index (κ2) is 6.61. The molecule has 4 rings (SSSR count). The molecule has 0 bridgehead atoms. The van der Waals surface area contributed by atoms with E-state index in [0.29, 0.717) is 10.6 Å². The minimum absolute atomic E-state index is 0.123. The third-order valence-corrected chi connectivity index (χ3v) is 6.21. The van der Waals surface area contributed by atoms with E-state index < -0.39 is 5.91 Å². The first-order valence-electron chi connectivity index (χ1n) is 8.81. The fourth-order valence-electron chi connectivity index (χ4n) is 3.82. The molecule has 0 saturated heterocycles. The summed E-state index contributed by atoms with van der Waals surface area (Å²) in [6.07, 6.45) is 6.26. The van der Waals surface area contributed by atoms with Gasteiger partial charge in [0, 0.05) is 29.0 Å². The van der Waals surface area contributed by atoms with Crippen LogP contribution in [0.3, 0.4) is 0 Å². The first-order chi connectivity index (χ1) is 12.5. The van der Waals surface area contributed by atoms with E-state index in [1.807, 2.05) is 42.1 Å². The Morgan fingerprint density at radius 3 is 2.81 bits per heavy atom. The zero-order chi connectivity index (χ0) is 18.3. The lowest BCUT2D eigenvalue weighted by molar-refractivity contribution is -0.115. The van der Waals surface area contributed by atoms with Crippen molar-refractivity contribution in [3.63, 3.8) is 0 Å². The van der Waals surface area contributed by atoms with Crippen LogP contribution in [0.25, 0.3) is 10.9 Å². The molecule has 0 saturated carbocycles. The molecule has 1 aliphatic carbocycles. The summed E-state index contributed by atoms with van der Waals surface area (Å²) in [6, 6.07) is 8.02. The number of primary amides is 1. The maximum Gasteiger partial charge on any atom is 0.251 e. The zero-order valence-corrected chi connectivity index (χ0v) is 15.5. The predicted molar refractivity (Wildman–Crippen MR) is 105 cm³/mol. The highest BCUT2D eigenvalue weighted by atomic mass is 32.1. The van der Waals surface area contributed by atoms with Crippen LogP contribution in [0, 0.1) is 0 Å². The standard InChI is InChI=1S/C20H21N3O2S/c1-23-11-12(13-6-2-4-8-15(13)23)10-17(24)22-20-18(19(21)25)14-7-3-5-9-16(14)26-20/h2,4,6,8,11H,3,5,7,9-10H2,1H3,(H2,21,25)(H,22,24). The highest BCUT2D eigenvalue weighted by molar-refractivity contribution is 7.17. The zero-order valence-electron chi connectivity index (χ0n) is 14.7. The first-order valence-corrected chi connectivity index (χ1v) is 9.63. The lowest BCUT2D eigenvalue weighted by Gasteiger charge is -2.11. The number of rotatable bonds is 4. The van der Waals surface area contributed by atoms with Crippen LogP contribution < -0.4 is 11.1 Å². The highest BCUT2D eigenvalue weighted by Gasteiger charge is 2.25. The maximum absolute atomic E-state index is 12.7. The number of nitrogens with two attached hydrogens (primary N) is 1. The molecule has 3 N–H and O–H groups in total. The van der Waals surface area contributed by atoms with Crippen molar-refractivity contribution in [2.75, 3.05) is 5.32 Å². The van der Waals surface area contributed by atoms with Crippen molar-refractivity contribution in [3.8, 4) is 0 Å². The third kappa shape index (κ3) is 2.90. The summed E-state index contributed by atoms with van der Waals surface area (Å²) in [7, 11) is 1.97. The Hall–Kier alpha value is -2.60. The fourth-order valence-corrected chi connectivity index (χ4v) is 5.14. The van der Waals surface area contributed by atoms with Crippen molar-refractivity contribution in [1.29, 1.82) is 0 Å². The molecular weight excluding hydrogens is 346 g/mol. The Morgan fingerprint density at radius 1 is 1.23 bits per heavy atom. The van der Waals surface area contributed by atoms with E-state index in [0.717, 1.165) is 47.7 Å². The number of benzene rings is 1. The molecule has 0 atom stereocenters. The van der Waals surface area contributed by atoms with Gasteiger partial charge in [-0.25, -0.2) is 0 Å². The molecule has 3 aromatic rings. The van der Waals surface area contributed by atoms with Gasteiger partial charge in [0.15, 0.2) is 0 Å². The van der Waals surface area contributed by atoms with Crippen LogP contribution in [0.4, 0.5) is 5.00 Å². The summed E-state index contributed by atoms with van der Waals surface area (Å²) >= 11 is 1.50. The molecule has 0 unspecified atom stereocenters. The number of hydrogen-bond acceptors (Lipinski definition) is 3. The van der Waals surface area contributed by atoms with Crippen LogP contribution in [-0.2, 0) is 31.1 Å². The molecule has 1 aliphatic rings. The van der Waals surface area contributed by atoms with Gasteiger partial charge in [0.1, 0.15) is 5.00 Å². The van der Waals surface area contributed by atoms with E-state index in [-0.39, 0.29) is 12.3 Å². The van der Waals surface area contributed by atoms with E-state index in [4.69, 9.17) is 5.73 Å². The Labute approximate surface area is 155 Å². The molecular formula is C20H21N3O2S. The fraction of sp³-hybridized carbons (Fsp3) is 0.300. The van der Waals surface area contributed by atoms with Crippen molar-refractivity contribution in [3.05, 3.63) is 52.0 Å². The van der Waals surface area contributed by atoms with Crippen LogP contribution >= 0.6 is 11.3 Å². The van der Waals surface area contributed by atoms with Crippen molar-refractivity contribution in [2.45, 2.75) is 32.1 Å². The Morgan fingerprint density at radius 2 is 2.00 bits per heavy atom. The SMILES string of the molecule is Cn1cc(CC(=O)Nc2sc3c(c2C(N)=O)CCCC3)c2ccccc21. The molecule has 0 fully saturated rings. The number of carbonyl (C=O) groups is 2. The molecule has 0 spiro atoms. The number of aryl methyl sites for hydroxylation is 2. The quantitative estimate of drug-likeness (QED) is 0.741. The molecule has 2 aromatic heterocycles. The molecule has 0 radical (unpaired) electrons. The minimum atomic E-state index is -0.454. The average molecular weight is 367 g/mol. The summed E-state index contributed by atoms with van der Waals surface area (Å²) < 4.78 is 2.02. The Bertz CT molecular complexity index is 1020. The minimum Gasteiger partial charge on any atom is -0.365 e. The maximum atomic E-state index is 12.7. The van der Waals surface area contributed by atoms with Gasteiger partial charge >= 0.3 is 0 Å². The molecule has 5 nitrogen and oxygen atoms in total. The van der Waals surface area contributed by atoms with Crippen molar-refractivity contribution in [2.24, 2.45) is 12.8 Å². The van der Waals surface area contributed by atoms with Crippen molar-refractivity contribution in [1.82, 2.24) is 4.57 Å². The van der Waals surface area contributed by atoms with Gasteiger partial charge in [0.2, 0.25) is 5.91 Å². The lowest BCUT2D eigenvalue weighted by Crippen LogP contribution is -2.19. The van der Waals surface area contributed by atoms with Gasteiger partial charge in [0.05, 0.1) is 12.0 Å². The number of para-hydroxylation sites is 1. The smallest absolute Gasteiger partial charge is 0.251 e. The van der Waals surface area contributed by atoms with E-state index >= 15 is 0 Å². The van der Waals surface area contributed by atoms with Gasteiger partial charge in [-0.05, 0) is 42.9 Å². The summed E-state index contributed by atoms with van der Waals surface area (Å²) in [5.74, 6) is -0.577. The average Bonchev–Trinajstić information content (AvgIpc) is 3.13. The van der Waals surface area contributed by atoms with Gasteiger partial charge in [-0.2, -0.15) is 0 Å². The van der Waals surface area contributed by atoms with Crippen LogP contribution in [0.5, 0.6) is 0 Å². The van der Waals surface area contributed by atoms with Crippen LogP contribution in [0.1, 0.15) is 39.2 Å². The number of hydrogen-bond donors (Lipinski definition) is 2. The molecule has 1 aromatic carbocycles. The van der Waals surface area contributed by atoms with E-state index in [1.54, 1.807) is 0 Å². The van der Waals surface area contributed by atoms with Crippen molar-refractivity contribution >= 4 is 39.1 Å². The van der Waals surface area contributed by atoms with Crippen LogP contribution in [-0.4, -0.2) is 16.4 Å². The second-order valence-corrected chi connectivity index (χ2v) is 7.89. The van der Waals surface area contributed by atoms with Gasteiger partial charge in [-0.3, -0.25) is 9.59 Å². The molecule has 134 valence electrons. The normalized spacial score (nSPS) is 13.6. The number of amides is 2. The summed E-state index contributed by atoms with van der Waals surface area (Å²) in [4.78, 5) is 25.8. The second-order valence-electron chi connectivity index (χ2n) is 6.79. The molecule has 26 heavy (non-hydrogen) atoms. The molecule has 6 heteroatoms. The van der Waals surface area contributed by atoms with E-state index in [2.05, 4.69) is 5.32 Å². The third-order valence-electron chi connectivity index (χ3n) is 5.00. The number of anilines is 1. The van der Waals surface area contributed by atoms with Crippen molar-refractivity contribution < 1.29 is 9.59 Å². The largest absolute Gasteiger partial charge is 0.365 e. The topological polar surface area (TPSA) is 77.1 Å². The summed E-state index contributed by atoms with van der Waals surface area (Å²) in [6.45, 7) is 0. The predicted octanol–water partition coefficient (Wildman–Crippen LogP) is 3.40. The number of aromatic nitrogens is 1. The number of carbonyl (C=O) groups excluding carboxylic acids is 2. The van der Waals surface area contributed by atoms with Gasteiger partial charge in [-0.1, -0.05) is 18.2 Å². The number of thiophene rings is 1. The Kier molecular flexibility index (Phi) is 4.28. The summed E-state index contributed by atoms with van der Waals surface area (Å²) in [5, 5.41) is 4.62. The number of nitrogens with zero attached hydrogens (tertiary/aromatic N) is 1. The van der Waals surface area contributed by atoms with Gasteiger partial charge < -0.3 is 15.6 Å². The Balaban J connectivity index is 1.60. The highest BCUT2D eigenvalue weighted by Crippen LogP contribution is 2.38. The van der Waals surface area contributed by atoms with E-state index in [9.17, 15) is 9.59 Å².